The number of rotatable bonds is 7. The summed E-state index contributed by atoms with van der Waals surface area (Å²) in [4.78, 5) is 23.2. The Hall–Kier alpha value is -1.64. The van der Waals surface area contributed by atoms with Crippen LogP contribution < -0.4 is 5.32 Å². The van der Waals surface area contributed by atoms with Crippen molar-refractivity contribution in [2.24, 2.45) is 5.92 Å². The summed E-state index contributed by atoms with van der Waals surface area (Å²) in [5.41, 5.74) is 0.856. The van der Waals surface area contributed by atoms with Crippen molar-refractivity contribution in [1.82, 2.24) is 0 Å². The maximum absolute atomic E-state index is 11.7. The molecule has 0 spiro atoms. The minimum Gasteiger partial charge on any atom is -0.326 e. The molecule has 0 saturated heterocycles. The number of ketones is 1. The van der Waals surface area contributed by atoms with Gasteiger partial charge in [-0.3, -0.25) is 9.59 Å². The number of carbonyl (C=O) groups excluding carboxylic acids is 2. The molecule has 1 aromatic carbocycles. The summed E-state index contributed by atoms with van der Waals surface area (Å²) >= 11 is 0. The first-order chi connectivity index (χ1) is 9.75. The fourth-order valence-electron chi connectivity index (χ4n) is 2.79. The van der Waals surface area contributed by atoms with Gasteiger partial charge in [0.05, 0.1) is 0 Å². The Bertz CT molecular complexity index is 442. The van der Waals surface area contributed by atoms with Crippen LogP contribution in [-0.4, -0.2) is 11.7 Å². The highest BCUT2D eigenvalue weighted by Gasteiger charge is 2.23. The van der Waals surface area contributed by atoms with E-state index in [0.29, 0.717) is 18.1 Å². The van der Waals surface area contributed by atoms with E-state index < -0.39 is 0 Å². The van der Waals surface area contributed by atoms with Crippen molar-refractivity contribution in [3.05, 3.63) is 30.3 Å². The predicted octanol–water partition coefficient (Wildman–Crippen LogP) is 3.94. The van der Waals surface area contributed by atoms with Gasteiger partial charge >= 0.3 is 0 Å². The molecule has 1 saturated carbocycles. The van der Waals surface area contributed by atoms with Gasteiger partial charge in [0.2, 0.25) is 5.91 Å². The Balaban J connectivity index is 1.54. The number of hydrogen-bond donors (Lipinski definition) is 1. The molecule has 1 N–H and O–H groups in total. The van der Waals surface area contributed by atoms with Crippen molar-refractivity contribution in [3.63, 3.8) is 0 Å². The molecule has 1 amide bonds. The maximum Gasteiger partial charge on any atom is 0.224 e. The number of unbranched alkanes of at least 4 members (excludes halogenated alkanes) is 2. The highest BCUT2D eigenvalue weighted by molar-refractivity contribution is 5.90. The van der Waals surface area contributed by atoms with Gasteiger partial charge in [-0.15, -0.1) is 0 Å². The van der Waals surface area contributed by atoms with E-state index >= 15 is 0 Å². The molecular formula is C17H23NO2. The van der Waals surface area contributed by atoms with E-state index in [-0.39, 0.29) is 5.91 Å². The lowest BCUT2D eigenvalue weighted by Gasteiger charge is -2.07. The van der Waals surface area contributed by atoms with Crippen LogP contribution in [-0.2, 0) is 9.59 Å². The summed E-state index contributed by atoms with van der Waals surface area (Å²) in [7, 11) is 0. The number of anilines is 1. The average Bonchev–Trinajstić information content (AvgIpc) is 2.85. The molecule has 3 heteroatoms. The molecular weight excluding hydrogens is 250 g/mol. The monoisotopic (exact) mass is 273 g/mol. The molecule has 1 aliphatic carbocycles. The fourth-order valence-corrected chi connectivity index (χ4v) is 2.79. The SMILES string of the molecule is O=C(CCCCCC1CCCC1=O)Nc1ccccc1. The number of Topliss-reactive ketones (excluding diaryl/α,β-unsaturated/α-hetero) is 1. The predicted molar refractivity (Wildman–Crippen MR) is 80.5 cm³/mol. The van der Waals surface area contributed by atoms with Crippen molar-refractivity contribution >= 4 is 17.4 Å². The van der Waals surface area contributed by atoms with Gasteiger partial charge in [0, 0.05) is 24.4 Å². The number of para-hydroxylation sites is 1. The van der Waals surface area contributed by atoms with Crippen molar-refractivity contribution in [2.75, 3.05) is 5.32 Å². The van der Waals surface area contributed by atoms with Crippen LogP contribution in [0.4, 0.5) is 5.69 Å². The minimum absolute atomic E-state index is 0.0770. The maximum atomic E-state index is 11.7. The van der Waals surface area contributed by atoms with E-state index in [1.54, 1.807) is 0 Å². The number of nitrogens with one attached hydrogen (secondary N) is 1. The molecule has 0 heterocycles. The normalized spacial score (nSPS) is 18.2. The second-order valence-electron chi connectivity index (χ2n) is 5.57. The summed E-state index contributed by atoms with van der Waals surface area (Å²) in [6.07, 6.45) is 7.51. The first-order valence-corrected chi connectivity index (χ1v) is 7.63. The summed E-state index contributed by atoms with van der Waals surface area (Å²) < 4.78 is 0. The van der Waals surface area contributed by atoms with Crippen molar-refractivity contribution in [2.45, 2.75) is 51.4 Å². The summed E-state index contributed by atoms with van der Waals surface area (Å²) in [5, 5.41) is 2.89. The third-order valence-corrected chi connectivity index (χ3v) is 3.95. The summed E-state index contributed by atoms with van der Waals surface area (Å²) in [5.74, 6) is 0.841. The molecule has 1 aromatic rings. The van der Waals surface area contributed by atoms with Gasteiger partial charge in [0.15, 0.2) is 0 Å². The summed E-state index contributed by atoms with van der Waals surface area (Å²) in [6, 6.07) is 9.54. The molecule has 1 unspecified atom stereocenters. The Morgan fingerprint density at radius 2 is 1.95 bits per heavy atom. The van der Waals surface area contributed by atoms with Gasteiger partial charge in [-0.05, 0) is 37.8 Å². The molecule has 1 aliphatic rings. The number of amides is 1. The van der Waals surface area contributed by atoms with Crippen LogP contribution in [0.15, 0.2) is 30.3 Å². The molecule has 0 aliphatic heterocycles. The highest BCUT2D eigenvalue weighted by atomic mass is 16.1. The fraction of sp³-hybridized carbons (Fsp3) is 0.529. The zero-order valence-corrected chi connectivity index (χ0v) is 11.9. The van der Waals surface area contributed by atoms with Crippen molar-refractivity contribution < 1.29 is 9.59 Å². The zero-order chi connectivity index (χ0) is 14.2. The standard InChI is InChI=1S/C17H23NO2/c19-16-12-7-9-14(16)8-3-1-6-13-17(20)18-15-10-4-2-5-11-15/h2,4-5,10-11,14H,1,3,6-9,12-13H2,(H,18,20). The quantitative estimate of drug-likeness (QED) is 0.765. The second-order valence-corrected chi connectivity index (χ2v) is 5.57. The first kappa shape index (κ1) is 14.8. The Labute approximate surface area is 120 Å². The second kappa shape index (κ2) is 7.83. The van der Waals surface area contributed by atoms with Crippen LogP contribution in [0.1, 0.15) is 51.4 Å². The first-order valence-electron chi connectivity index (χ1n) is 7.63. The van der Waals surface area contributed by atoms with Gasteiger partial charge in [0.25, 0.3) is 0 Å². The van der Waals surface area contributed by atoms with Crippen LogP contribution in [0.3, 0.4) is 0 Å². The van der Waals surface area contributed by atoms with E-state index in [0.717, 1.165) is 50.6 Å². The molecule has 0 bridgehead atoms. The lowest BCUT2D eigenvalue weighted by atomic mass is 9.98. The van der Waals surface area contributed by atoms with Crippen LogP contribution in [0.5, 0.6) is 0 Å². The van der Waals surface area contributed by atoms with E-state index in [4.69, 9.17) is 0 Å². The molecule has 20 heavy (non-hydrogen) atoms. The number of benzene rings is 1. The lowest BCUT2D eigenvalue weighted by molar-refractivity contribution is -0.121. The molecule has 0 radical (unpaired) electrons. The molecule has 0 aromatic heterocycles. The third-order valence-electron chi connectivity index (χ3n) is 3.95. The molecule has 2 rings (SSSR count). The smallest absolute Gasteiger partial charge is 0.224 e. The van der Waals surface area contributed by atoms with E-state index in [1.165, 1.54) is 0 Å². The Morgan fingerprint density at radius 3 is 2.65 bits per heavy atom. The third kappa shape index (κ3) is 4.80. The Kier molecular flexibility index (Phi) is 5.78. The van der Waals surface area contributed by atoms with Crippen LogP contribution in [0, 0.1) is 5.92 Å². The van der Waals surface area contributed by atoms with Crippen molar-refractivity contribution in [3.8, 4) is 0 Å². The van der Waals surface area contributed by atoms with Crippen LogP contribution >= 0.6 is 0 Å². The van der Waals surface area contributed by atoms with Crippen LogP contribution in [0.2, 0.25) is 0 Å². The van der Waals surface area contributed by atoms with Crippen molar-refractivity contribution in [1.29, 1.82) is 0 Å². The van der Waals surface area contributed by atoms with E-state index in [1.807, 2.05) is 30.3 Å². The van der Waals surface area contributed by atoms with E-state index in [9.17, 15) is 9.59 Å². The van der Waals surface area contributed by atoms with Gasteiger partial charge in [-0.1, -0.05) is 31.0 Å². The van der Waals surface area contributed by atoms with Gasteiger partial charge in [-0.25, -0.2) is 0 Å². The van der Waals surface area contributed by atoms with Crippen LogP contribution in [0.25, 0.3) is 0 Å². The number of carbonyl (C=O) groups is 2. The molecule has 1 fully saturated rings. The number of hydrogen-bond acceptors (Lipinski definition) is 2. The molecule has 1 atom stereocenters. The highest BCUT2D eigenvalue weighted by Crippen LogP contribution is 2.26. The summed E-state index contributed by atoms with van der Waals surface area (Å²) in [6.45, 7) is 0. The zero-order valence-electron chi connectivity index (χ0n) is 11.9. The topological polar surface area (TPSA) is 46.2 Å². The Morgan fingerprint density at radius 1 is 1.15 bits per heavy atom. The minimum atomic E-state index is 0.0770. The largest absolute Gasteiger partial charge is 0.326 e. The molecule has 108 valence electrons. The van der Waals surface area contributed by atoms with Gasteiger partial charge < -0.3 is 5.32 Å². The molecule has 3 nitrogen and oxygen atoms in total. The van der Waals surface area contributed by atoms with Gasteiger partial charge in [-0.2, -0.15) is 0 Å². The average molecular weight is 273 g/mol. The lowest BCUT2D eigenvalue weighted by Crippen LogP contribution is -2.11. The van der Waals surface area contributed by atoms with E-state index in [2.05, 4.69) is 5.32 Å². The van der Waals surface area contributed by atoms with Gasteiger partial charge in [0.1, 0.15) is 5.78 Å².